The number of likely N-dealkylation sites (tertiary alicyclic amines) is 1. The van der Waals surface area contributed by atoms with E-state index in [0.717, 1.165) is 51.4 Å². The highest BCUT2D eigenvalue weighted by Gasteiger charge is 2.70. The second-order valence-corrected chi connectivity index (χ2v) is 14.8. The fourth-order valence-electron chi connectivity index (χ4n) is 7.53. The molecule has 41 heavy (non-hydrogen) atoms. The lowest BCUT2D eigenvalue weighted by Gasteiger charge is -2.41. The maximum Gasteiger partial charge on any atom is 0.315 e. The zero-order valence-corrected chi connectivity index (χ0v) is 25.8. The molecule has 10 heteroatoms. The maximum atomic E-state index is 14.2. The Morgan fingerprint density at radius 3 is 2.17 bits per heavy atom. The Balaban J connectivity index is 1.52. The zero-order chi connectivity index (χ0) is 30.3. The van der Waals surface area contributed by atoms with Crippen molar-refractivity contribution in [3.05, 3.63) is 0 Å². The normalized spacial score (nSPS) is 27.7. The van der Waals surface area contributed by atoms with Crippen LogP contribution < -0.4 is 21.7 Å². The van der Waals surface area contributed by atoms with Crippen LogP contribution in [0.3, 0.4) is 0 Å². The molecule has 1 heterocycles. The number of nitrogens with zero attached hydrogens (tertiary/aromatic N) is 1. The lowest BCUT2D eigenvalue weighted by molar-refractivity contribution is -0.145. The molecular formula is C31H51N5O5. The summed E-state index contributed by atoms with van der Waals surface area (Å²) in [5, 5.41) is 9.03. The van der Waals surface area contributed by atoms with Crippen LogP contribution in [0.1, 0.15) is 106 Å². The minimum Gasteiger partial charge on any atom is -0.363 e. The summed E-state index contributed by atoms with van der Waals surface area (Å²) in [6, 6.07) is -2.98. The first-order valence-corrected chi connectivity index (χ1v) is 15.6. The molecule has 5 amide bonds. The molecule has 230 valence electrons. The highest BCUT2D eigenvalue weighted by molar-refractivity contribution is 6.37. The Hall–Kier alpha value is -2.65. The first-order chi connectivity index (χ1) is 19.1. The van der Waals surface area contributed by atoms with Gasteiger partial charge in [0.15, 0.2) is 0 Å². The number of piperidine rings is 1. The van der Waals surface area contributed by atoms with Crippen LogP contribution in [-0.4, -0.2) is 64.6 Å². The molecule has 5 N–H and O–H groups in total. The zero-order valence-electron chi connectivity index (χ0n) is 25.8. The lowest BCUT2D eigenvalue weighted by Crippen LogP contribution is -2.63. The number of fused-ring (bicyclic) bond motifs is 1. The van der Waals surface area contributed by atoms with E-state index in [1.165, 1.54) is 6.42 Å². The quantitative estimate of drug-likeness (QED) is 0.280. The average molecular weight is 574 g/mol. The van der Waals surface area contributed by atoms with E-state index in [2.05, 4.69) is 36.7 Å². The van der Waals surface area contributed by atoms with Crippen molar-refractivity contribution in [2.24, 2.45) is 34.3 Å². The highest BCUT2D eigenvalue weighted by Crippen LogP contribution is 2.65. The molecule has 0 spiro atoms. The van der Waals surface area contributed by atoms with Crippen molar-refractivity contribution in [2.75, 3.05) is 6.54 Å². The third kappa shape index (κ3) is 6.72. The van der Waals surface area contributed by atoms with Crippen molar-refractivity contribution >= 4 is 29.5 Å². The third-order valence-electron chi connectivity index (χ3n) is 10.2. The number of ketones is 1. The molecule has 0 bridgehead atoms. The van der Waals surface area contributed by atoms with E-state index in [0.29, 0.717) is 13.0 Å². The highest BCUT2D eigenvalue weighted by atomic mass is 16.2. The van der Waals surface area contributed by atoms with Crippen molar-refractivity contribution in [3.63, 3.8) is 0 Å². The van der Waals surface area contributed by atoms with Gasteiger partial charge in [0.25, 0.3) is 5.91 Å². The van der Waals surface area contributed by atoms with E-state index in [9.17, 15) is 24.0 Å². The molecule has 3 saturated carbocycles. The Morgan fingerprint density at radius 2 is 1.63 bits per heavy atom. The van der Waals surface area contributed by atoms with Gasteiger partial charge in [-0.25, -0.2) is 4.79 Å². The smallest absolute Gasteiger partial charge is 0.315 e. The molecule has 4 fully saturated rings. The average Bonchev–Trinajstić information content (AvgIpc) is 3.73. The van der Waals surface area contributed by atoms with Gasteiger partial charge in [-0.15, -0.1) is 0 Å². The second-order valence-electron chi connectivity index (χ2n) is 14.8. The largest absolute Gasteiger partial charge is 0.363 e. The number of hydrogen-bond donors (Lipinski definition) is 4. The number of carbonyl (C=O) groups excluding carboxylic acids is 5. The van der Waals surface area contributed by atoms with E-state index >= 15 is 0 Å². The number of primary amides is 1. The van der Waals surface area contributed by atoms with Crippen LogP contribution in [-0.2, 0) is 19.2 Å². The number of rotatable bonds is 11. The standard InChI is InChI=1S/C31H51N5O5/c1-7-13-31(14-9-8-10-15-31)35-28(41)34-24(29(2,3)4)27(40)36-17-19-21(30(19,5)6)22(36)26(39)33-20(16-18-11-12-18)23(37)25(32)38/h18-22,24H,7-17H2,1-6H3,(H2,32,38)(H,33,39)(H2,34,35,41)/t19?,20?,21-,22-,24+/m0/s1. The molecule has 4 rings (SSSR count). The number of nitrogens with two attached hydrogens (primary N) is 1. The predicted octanol–water partition coefficient (Wildman–Crippen LogP) is 3.03. The van der Waals surface area contributed by atoms with Crippen LogP contribution >= 0.6 is 0 Å². The van der Waals surface area contributed by atoms with Gasteiger partial charge in [-0.05, 0) is 54.3 Å². The monoisotopic (exact) mass is 573 g/mol. The van der Waals surface area contributed by atoms with Crippen LogP contribution in [0.15, 0.2) is 0 Å². The maximum absolute atomic E-state index is 14.2. The van der Waals surface area contributed by atoms with Crippen LogP contribution in [0.25, 0.3) is 0 Å². The minimum absolute atomic E-state index is 0.0683. The van der Waals surface area contributed by atoms with Crippen molar-refractivity contribution in [2.45, 2.75) is 129 Å². The lowest BCUT2D eigenvalue weighted by atomic mass is 9.78. The van der Waals surface area contributed by atoms with Gasteiger partial charge in [0.1, 0.15) is 12.1 Å². The topological polar surface area (TPSA) is 151 Å². The molecule has 2 unspecified atom stereocenters. The molecule has 0 aromatic heterocycles. The molecule has 0 aromatic rings. The van der Waals surface area contributed by atoms with Crippen LogP contribution in [0.4, 0.5) is 4.79 Å². The van der Waals surface area contributed by atoms with Gasteiger partial charge in [0, 0.05) is 12.1 Å². The Labute approximate surface area is 244 Å². The summed E-state index contributed by atoms with van der Waals surface area (Å²) in [7, 11) is 0. The summed E-state index contributed by atoms with van der Waals surface area (Å²) in [6.07, 6.45) is 9.31. The van der Waals surface area contributed by atoms with Crippen LogP contribution in [0.5, 0.6) is 0 Å². The van der Waals surface area contributed by atoms with Gasteiger partial charge in [-0.1, -0.05) is 80.1 Å². The van der Waals surface area contributed by atoms with E-state index in [-0.39, 0.29) is 40.6 Å². The second kappa shape index (κ2) is 11.6. The van der Waals surface area contributed by atoms with Crippen molar-refractivity contribution in [1.29, 1.82) is 0 Å². The molecule has 1 aliphatic heterocycles. The first kappa shape index (κ1) is 31.3. The number of urea groups is 1. The van der Waals surface area contributed by atoms with Crippen LogP contribution in [0, 0.1) is 28.6 Å². The third-order valence-corrected chi connectivity index (χ3v) is 10.2. The summed E-state index contributed by atoms with van der Waals surface area (Å²) in [5.74, 6) is -2.25. The summed E-state index contributed by atoms with van der Waals surface area (Å²) in [4.78, 5) is 67.3. The van der Waals surface area contributed by atoms with Crippen molar-refractivity contribution in [3.8, 4) is 0 Å². The minimum atomic E-state index is -1.07. The number of carbonyl (C=O) groups is 5. The number of hydrogen-bond acceptors (Lipinski definition) is 5. The SMILES string of the molecule is CCCC1(NC(=O)N[C@H](C(=O)N2CC3[C@@H]([C@H]2C(=O)NC(CC2CC2)C(=O)C(N)=O)C3(C)C)C(C)(C)C)CCCCC1. The molecular weight excluding hydrogens is 522 g/mol. The Kier molecular flexibility index (Phi) is 8.82. The number of Topliss-reactive ketones (excluding diaryl/α,β-unsaturated/α-hetero) is 1. The summed E-state index contributed by atoms with van der Waals surface area (Å²) in [5.41, 5.74) is 4.30. The summed E-state index contributed by atoms with van der Waals surface area (Å²) < 4.78 is 0. The summed E-state index contributed by atoms with van der Waals surface area (Å²) in [6.45, 7) is 12.4. The molecule has 0 radical (unpaired) electrons. The van der Waals surface area contributed by atoms with Gasteiger partial charge in [-0.2, -0.15) is 0 Å². The van der Waals surface area contributed by atoms with Gasteiger partial charge >= 0.3 is 6.03 Å². The molecule has 5 atom stereocenters. The van der Waals surface area contributed by atoms with E-state index < -0.39 is 41.1 Å². The first-order valence-electron chi connectivity index (χ1n) is 15.6. The number of nitrogens with one attached hydrogen (secondary N) is 3. The van der Waals surface area contributed by atoms with Crippen molar-refractivity contribution < 1.29 is 24.0 Å². The molecule has 0 aromatic carbocycles. The molecule has 1 saturated heterocycles. The predicted molar refractivity (Wildman–Crippen MR) is 155 cm³/mol. The van der Waals surface area contributed by atoms with Crippen molar-refractivity contribution in [1.82, 2.24) is 20.9 Å². The molecule has 4 aliphatic rings. The number of amides is 5. The van der Waals surface area contributed by atoms with Gasteiger partial charge < -0.3 is 26.6 Å². The molecule has 3 aliphatic carbocycles. The van der Waals surface area contributed by atoms with Gasteiger partial charge in [0.05, 0.1) is 6.04 Å². The fraction of sp³-hybridized carbons (Fsp3) is 0.839. The van der Waals surface area contributed by atoms with Gasteiger partial charge in [0.2, 0.25) is 17.6 Å². The fourth-order valence-corrected chi connectivity index (χ4v) is 7.53. The van der Waals surface area contributed by atoms with E-state index in [4.69, 9.17) is 5.73 Å². The van der Waals surface area contributed by atoms with Gasteiger partial charge in [-0.3, -0.25) is 19.2 Å². The van der Waals surface area contributed by atoms with E-state index in [1.807, 2.05) is 20.8 Å². The van der Waals surface area contributed by atoms with Crippen LogP contribution in [0.2, 0.25) is 0 Å². The van der Waals surface area contributed by atoms with E-state index in [1.54, 1.807) is 4.90 Å². The molecule has 10 nitrogen and oxygen atoms in total. The summed E-state index contributed by atoms with van der Waals surface area (Å²) >= 11 is 0. The Bertz CT molecular complexity index is 1050. The Morgan fingerprint density at radius 1 is 1.00 bits per heavy atom.